The predicted molar refractivity (Wildman–Crippen MR) is 81.5 cm³/mol. The number of aromatic nitrogens is 3. The zero-order valence-corrected chi connectivity index (χ0v) is 11.7. The lowest BCUT2D eigenvalue weighted by Gasteiger charge is -2.20. The number of halogens is 1. The van der Waals surface area contributed by atoms with E-state index < -0.39 is 0 Å². The van der Waals surface area contributed by atoms with Crippen LogP contribution < -0.4 is 4.90 Å². The van der Waals surface area contributed by atoms with Gasteiger partial charge in [-0.25, -0.2) is 9.97 Å². The number of rotatable bonds is 4. The molecule has 0 fully saturated rings. The van der Waals surface area contributed by atoms with Crippen LogP contribution in [-0.4, -0.2) is 21.4 Å². The minimum Gasteiger partial charge on any atom is -0.345 e. The maximum absolute atomic E-state index is 11.6. The lowest BCUT2D eigenvalue weighted by molar-refractivity contribution is -0.106. The highest BCUT2D eigenvalue weighted by molar-refractivity contribution is 6.32. The van der Waals surface area contributed by atoms with Gasteiger partial charge < -0.3 is 4.98 Å². The van der Waals surface area contributed by atoms with E-state index in [2.05, 4.69) is 15.0 Å². The van der Waals surface area contributed by atoms with E-state index in [4.69, 9.17) is 11.6 Å². The highest BCUT2D eigenvalue weighted by atomic mass is 35.5. The molecule has 0 radical (unpaired) electrons. The van der Waals surface area contributed by atoms with Crippen LogP contribution in [0.1, 0.15) is 0 Å². The van der Waals surface area contributed by atoms with E-state index in [1.807, 2.05) is 24.3 Å². The fraction of sp³-hybridized carbons (Fsp3) is 0. The van der Waals surface area contributed by atoms with E-state index in [1.165, 1.54) is 4.90 Å². The molecule has 6 heteroatoms. The van der Waals surface area contributed by atoms with E-state index in [0.717, 1.165) is 17.7 Å². The van der Waals surface area contributed by atoms with Crippen LogP contribution in [0.3, 0.4) is 0 Å². The van der Waals surface area contributed by atoms with Gasteiger partial charge in [-0.2, -0.15) is 0 Å². The third-order valence-corrected chi connectivity index (χ3v) is 3.35. The average Bonchev–Trinajstić information content (AvgIpc) is 3.05. The summed E-state index contributed by atoms with van der Waals surface area (Å²) in [5.74, 6) is 0. The van der Waals surface area contributed by atoms with Gasteiger partial charge in [0.15, 0.2) is 5.15 Å². The van der Waals surface area contributed by atoms with Gasteiger partial charge in [0.1, 0.15) is 0 Å². The van der Waals surface area contributed by atoms with Crippen molar-refractivity contribution in [2.45, 2.75) is 0 Å². The van der Waals surface area contributed by atoms with Crippen molar-refractivity contribution in [3.63, 3.8) is 0 Å². The summed E-state index contributed by atoms with van der Waals surface area (Å²) in [4.78, 5) is 24.1. The molecule has 2 heterocycles. The fourth-order valence-corrected chi connectivity index (χ4v) is 2.33. The molecule has 0 saturated carbocycles. The Morgan fingerprint density at radius 1 is 1.14 bits per heavy atom. The van der Waals surface area contributed by atoms with Crippen LogP contribution in [0.15, 0.2) is 55.1 Å². The largest absolute Gasteiger partial charge is 0.345 e. The highest BCUT2D eigenvalue weighted by Crippen LogP contribution is 2.35. The second kappa shape index (κ2) is 5.76. The van der Waals surface area contributed by atoms with Crippen LogP contribution >= 0.6 is 11.6 Å². The number of para-hydroxylation sites is 1. The molecule has 0 aliphatic rings. The number of carbonyl (C=O) groups excluding carboxylic acids is 1. The summed E-state index contributed by atoms with van der Waals surface area (Å²) in [7, 11) is 0. The molecule has 3 aromatic rings. The molecule has 0 spiro atoms. The zero-order valence-electron chi connectivity index (χ0n) is 10.9. The minimum absolute atomic E-state index is 0.268. The molecule has 3 rings (SSSR count). The second-order valence-electron chi connectivity index (χ2n) is 4.27. The van der Waals surface area contributed by atoms with Gasteiger partial charge in [-0.1, -0.05) is 29.8 Å². The zero-order chi connectivity index (χ0) is 14.7. The summed E-state index contributed by atoms with van der Waals surface area (Å²) in [6.45, 7) is 0. The molecular weight excluding hydrogens is 288 g/mol. The first kappa shape index (κ1) is 13.3. The van der Waals surface area contributed by atoms with Crippen molar-refractivity contribution < 1.29 is 4.79 Å². The summed E-state index contributed by atoms with van der Waals surface area (Å²) in [5.41, 5.74) is 2.90. The summed E-state index contributed by atoms with van der Waals surface area (Å²) in [5, 5.41) is 0.268. The normalized spacial score (nSPS) is 10.3. The monoisotopic (exact) mass is 298 g/mol. The van der Waals surface area contributed by atoms with E-state index in [9.17, 15) is 4.79 Å². The first-order valence-electron chi connectivity index (χ1n) is 6.24. The Morgan fingerprint density at radius 3 is 2.67 bits per heavy atom. The molecule has 2 aromatic heterocycles. The van der Waals surface area contributed by atoms with E-state index in [0.29, 0.717) is 11.4 Å². The Morgan fingerprint density at radius 2 is 1.95 bits per heavy atom. The Balaban J connectivity index is 2.15. The molecule has 0 bridgehead atoms. The van der Waals surface area contributed by atoms with Crippen LogP contribution in [0.25, 0.3) is 11.3 Å². The molecule has 104 valence electrons. The van der Waals surface area contributed by atoms with Gasteiger partial charge in [-0.15, -0.1) is 0 Å². The lowest BCUT2D eigenvalue weighted by atomic mass is 10.1. The third kappa shape index (κ3) is 2.51. The second-order valence-corrected chi connectivity index (χ2v) is 4.63. The number of anilines is 2. The van der Waals surface area contributed by atoms with Crippen molar-refractivity contribution in [1.29, 1.82) is 0 Å². The summed E-state index contributed by atoms with van der Waals surface area (Å²) in [6.07, 6.45) is 5.59. The maximum Gasteiger partial charge on any atom is 0.218 e. The number of pyridine rings is 1. The van der Waals surface area contributed by atoms with E-state index in [1.54, 1.807) is 30.9 Å². The van der Waals surface area contributed by atoms with E-state index in [-0.39, 0.29) is 5.15 Å². The molecule has 0 aliphatic carbocycles. The van der Waals surface area contributed by atoms with Crippen molar-refractivity contribution in [2.75, 3.05) is 4.90 Å². The first-order valence-corrected chi connectivity index (χ1v) is 6.62. The van der Waals surface area contributed by atoms with Gasteiger partial charge in [-0.05, 0) is 18.2 Å². The minimum atomic E-state index is 0.268. The molecule has 1 aromatic carbocycles. The Bertz CT molecular complexity index is 758. The number of imidazole rings is 1. The van der Waals surface area contributed by atoms with Gasteiger partial charge in [0.25, 0.3) is 0 Å². The molecule has 21 heavy (non-hydrogen) atoms. The summed E-state index contributed by atoms with van der Waals surface area (Å²) >= 11 is 6.09. The van der Waals surface area contributed by atoms with Crippen molar-refractivity contribution in [1.82, 2.24) is 15.0 Å². The number of hydrogen-bond donors (Lipinski definition) is 1. The topological polar surface area (TPSA) is 61.9 Å². The predicted octanol–water partition coefficient (Wildman–Crippen LogP) is 3.42. The quantitative estimate of drug-likeness (QED) is 0.593. The SMILES string of the molecule is O=CN(c1ccccc1-c1cnc[nH]1)c1cccnc1Cl. The highest BCUT2D eigenvalue weighted by Gasteiger charge is 2.16. The Labute approximate surface area is 126 Å². The number of aromatic amines is 1. The number of carbonyl (C=O) groups is 1. The lowest BCUT2D eigenvalue weighted by Crippen LogP contribution is -2.15. The third-order valence-electron chi connectivity index (χ3n) is 3.06. The molecule has 0 saturated heterocycles. The van der Waals surface area contributed by atoms with Crippen LogP contribution in [0.5, 0.6) is 0 Å². The number of H-pyrrole nitrogens is 1. The van der Waals surface area contributed by atoms with Gasteiger partial charge in [-0.3, -0.25) is 9.69 Å². The van der Waals surface area contributed by atoms with Crippen LogP contribution in [-0.2, 0) is 4.79 Å². The molecule has 0 aliphatic heterocycles. The van der Waals surface area contributed by atoms with Gasteiger partial charge >= 0.3 is 0 Å². The number of nitrogens with one attached hydrogen (secondary N) is 1. The van der Waals surface area contributed by atoms with Crippen LogP contribution in [0.2, 0.25) is 5.15 Å². The van der Waals surface area contributed by atoms with Crippen molar-refractivity contribution in [2.24, 2.45) is 0 Å². The van der Waals surface area contributed by atoms with Gasteiger partial charge in [0, 0.05) is 11.8 Å². The first-order chi connectivity index (χ1) is 10.3. The summed E-state index contributed by atoms with van der Waals surface area (Å²) < 4.78 is 0. The van der Waals surface area contributed by atoms with Crippen molar-refractivity contribution in [3.05, 3.63) is 60.3 Å². The fourth-order valence-electron chi connectivity index (χ4n) is 2.12. The molecule has 1 N–H and O–H groups in total. The standard InChI is InChI=1S/C15H11ClN4O/c16-15-14(6-3-7-18-15)20(10-21)13-5-2-1-4-11(13)12-8-17-9-19-12/h1-10H,(H,17,19). The van der Waals surface area contributed by atoms with Crippen LogP contribution in [0.4, 0.5) is 11.4 Å². The Hall–Kier alpha value is -2.66. The van der Waals surface area contributed by atoms with Crippen LogP contribution in [0, 0.1) is 0 Å². The van der Waals surface area contributed by atoms with Gasteiger partial charge in [0.05, 0.1) is 29.6 Å². The average molecular weight is 299 g/mol. The van der Waals surface area contributed by atoms with Crippen molar-refractivity contribution >= 4 is 29.4 Å². The number of benzene rings is 1. The smallest absolute Gasteiger partial charge is 0.218 e. The van der Waals surface area contributed by atoms with Crippen molar-refractivity contribution in [3.8, 4) is 11.3 Å². The number of hydrogen-bond acceptors (Lipinski definition) is 3. The maximum atomic E-state index is 11.6. The molecular formula is C15H11ClN4O. The van der Waals surface area contributed by atoms with Gasteiger partial charge in [0.2, 0.25) is 6.41 Å². The molecule has 5 nitrogen and oxygen atoms in total. The Kier molecular flexibility index (Phi) is 3.66. The van der Waals surface area contributed by atoms with E-state index >= 15 is 0 Å². The summed E-state index contributed by atoms with van der Waals surface area (Å²) in [6, 6.07) is 11.0. The molecule has 0 atom stereocenters. The molecule has 0 unspecified atom stereocenters. The number of nitrogens with zero attached hydrogens (tertiary/aromatic N) is 3. The number of amides is 1. The molecule has 1 amide bonds.